The number of fused-ring (bicyclic) bond motifs is 1. The summed E-state index contributed by atoms with van der Waals surface area (Å²) < 4.78 is 0. The minimum Gasteiger partial charge on any atom is -0.404 e. The van der Waals surface area contributed by atoms with Gasteiger partial charge in [0.05, 0.1) is 0 Å². The van der Waals surface area contributed by atoms with Crippen molar-refractivity contribution < 1.29 is 9.59 Å². The van der Waals surface area contributed by atoms with Gasteiger partial charge in [0.2, 0.25) is 0 Å². The molecular weight excluding hydrogens is 264 g/mol. The van der Waals surface area contributed by atoms with Gasteiger partial charge in [0.25, 0.3) is 0 Å². The highest BCUT2D eigenvalue weighted by Crippen LogP contribution is 2.28. The fourth-order valence-electron chi connectivity index (χ4n) is 2.36. The molecule has 21 heavy (non-hydrogen) atoms. The Morgan fingerprint density at radius 3 is 2.29 bits per heavy atom. The third-order valence-corrected chi connectivity index (χ3v) is 3.54. The summed E-state index contributed by atoms with van der Waals surface area (Å²) in [5, 5.41) is 0. The zero-order valence-corrected chi connectivity index (χ0v) is 12.1. The summed E-state index contributed by atoms with van der Waals surface area (Å²) in [7, 11) is 0. The Bertz CT molecular complexity index is 709. The molecule has 0 aromatic heterocycles. The first-order valence-corrected chi connectivity index (χ1v) is 6.68. The first-order valence-electron chi connectivity index (χ1n) is 6.68. The van der Waals surface area contributed by atoms with E-state index in [1.165, 1.54) is 6.20 Å². The van der Waals surface area contributed by atoms with E-state index in [0.717, 1.165) is 5.57 Å². The summed E-state index contributed by atoms with van der Waals surface area (Å²) in [4.78, 5) is 24.9. The van der Waals surface area contributed by atoms with Crippen LogP contribution in [0.15, 0.2) is 59.0 Å². The fourth-order valence-corrected chi connectivity index (χ4v) is 2.36. The highest BCUT2D eigenvalue weighted by molar-refractivity contribution is 6.26. The van der Waals surface area contributed by atoms with Gasteiger partial charge < -0.3 is 11.5 Å². The molecule has 108 valence electrons. The maximum Gasteiger partial charge on any atom is 0.190 e. The zero-order valence-electron chi connectivity index (χ0n) is 12.1. The molecule has 0 heterocycles. The Balaban J connectivity index is 2.41. The Hall–Kier alpha value is -2.62. The first kappa shape index (κ1) is 14.8. The molecule has 0 radical (unpaired) electrons. The molecule has 0 saturated heterocycles. The van der Waals surface area contributed by atoms with Crippen molar-refractivity contribution >= 4 is 11.6 Å². The molecule has 2 rings (SSSR count). The van der Waals surface area contributed by atoms with Gasteiger partial charge in [-0.3, -0.25) is 9.59 Å². The number of allylic oxidation sites excluding steroid dienone is 4. The summed E-state index contributed by atoms with van der Waals surface area (Å²) in [5.74, 6) is -0.243. The normalized spacial score (nSPS) is 16.3. The van der Waals surface area contributed by atoms with E-state index < -0.39 is 0 Å². The molecular formula is C17H18N2O2. The summed E-state index contributed by atoms with van der Waals surface area (Å²) in [6.07, 6.45) is 3.39. The van der Waals surface area contributed by atoms with E-state index in [0.29, 0.717) is 28.0 Å². The second-order valence-corrected chi connectivity index (χ2v) is 5.11. The minimum atomic E-state index is -0.131. The van der Waals surface area contributed by atoms with E-state index in [9.17, 15) is 9.59 Å². The van der Waals surface area contributed by atoms with Crippen LogP contribution in [0.4, 0.5) is 0 Å². The monoisotopic (exact) mass is 282 g/mol. The van der Waals surface area contributed by atoms with Crippen molar-refractivity contribution in [1.29, 1.82) is 0 Å². The van der Waals surface area contributed by atoms with Gasteiger partial charge in [-0.2, -0.15) is 0 Å². The van der Waals surface area contributed by atoms with Gasteiger partial charge in [-0.05, 0) is 31.7 Å². The first-order chi connectivity index (χ1) is 9.95. The Morgan fingerprint density at radius 1 is 1.14 bits per heavy atom. The lowest BCUT2D eigenvalue weighted by Gasteiger charge is -2.19. The van der Waals surface area contributed by atoms with Crippen molar-refractivity contribution in [2.24, 2.45) is 11.5 Å². The van der Waals surface area contributed by atoms with E-state index in [1.807, 2.05) is 6.92 Å². The quantitative estimate of drug-likeness (QED) is 0.834. The predicted octanol–water partition coefficient (Wildman–Crippen LogP) is 2.48. The molecule has 4 heteroatoms. The van der Waals surface area contributed by atoms with Gasteiger partial charge in [0, 0.05) is 34.4 Å². The van der Waals surface area contributed by atoms with Gasteiger partial charge in [-0.25, -0.2) is 0 Å². The van der Waals surface area contributed by atoms with Gasteiger partial charge >= 0.3 is 0 Å². The van der Waals surface area contributed by atoms with Crippen molar-refractivity contribution in [1.82, 2.24) is 0 Å². The smallest absolute Gasteiger partial charge is 0.190 e. The maximum atomic E-state index is 12.5. The Morgan fingerprint density at radius 2 is 1.71 bits per heavy atom. The van der Waals surface area contributed by atoms with Gasteiger partial charge in [0.1, 0.15) is 0 Å². The summed E-state index contributed by atoms with van der Waals surface area (Å²) in [5.41, 5.74) is 14.5. The lowest BCUT2D eigenvalue weighted by atomic mass is 9.83. The molecule has 0 spiro atoms. The molecule has 4 N–H and O–H groups in total. The van der Waals surface area contributed by atoms with E-state index in [1.54, 1.807) is 37.3 Å². The van der Waals surface area contributed by atoms with Crippen LogP contribution in [-0.2, 0) is 0 Å². The Labute approximate surface area is 123 Å². The zero-order chi connectivity index (χ0) is 15.6. The predicted molar refractivity (Wildman–Crippen MR) is 82.6 cm³/mol. The highest BCUT2D eigenvalue weighted by Gasteiger charge is 2.29. The summed E-state index contributed by atoms with van der Waals surface area (Å²) in [6.45, 7) is 3.49. The van der Waals surface area contributed by atoms with Crippen LogP contribution in [0.5, 0.6) is 0 Å². The fraction of sp³-hybridized carbons (Fsp3) is 0.176. The van der Waals surface area contributed by atoms with Crippen LogP contribution in [0.1, 0.15) is 41.0 Å². The van der Waals surface area contributed by atoms with Crippen LogP contribution in [0, 0.1) is 0 Å². The second kappa shape index (κ2) is 5.79. The van der Waals surface area contributed by atoms with Gasteiger partial charge in [0.15, 0.2) is 11.6 Å². The van der Waals surface area contributed by atoms with Crippen molar-refractivity contribution in [3.05, 3.63) is 70.1 Å². The van der Waals surface area contributed by atoms with Crippen LogP contribution in [0.3, 0.4) is 0 Å². The third kappa shape index (κ3) is 2.79. The lowest BCUT2D eigenvalue weighted by molar-refractivity contribution is 0.0973. The number of ketones is 2. The number of carbonyl (C=O) groups is 2. The average Bonchev–Trinajstić information content (AvgIpc) is 2.49. The lowest BCUT2D eigenvalue weighted by Crippen LogP contribution is -2.22. The molecule has 1 aromatic rings. The molecule has 1 aliphatic rings. The summed E-state index contributed by atoms with van der Waals surface area (Å²) >= 11 is 0. The van der Waals surface area contributed by atoms with Crippen LogP contribution in [0.25, 0.3) is 0 Å². The maximum absolute atomic E-state index is 12.5. The van der Waals surface area contributed by atoms with E-state index in [-0.39, 0.29) is 18.0 Å². The molecule has 0 amide bonds. The van der Waals surface area contributed by atoms with E-state index in [2.05, 4.69) is 0 Å². The largest absolute Gasteiger partial charge is 0.404 e. The van der Waals surface area contributed by atoms with Crippen molar-refractivity contribution in [2.75, 3.05) is 0 Å². The molecule has 0 fully saturated rings. The number of hydrogen-bond acceptors (Lipinski definition) is 4. The molecule has 0 unspecified atom stereocenters. The Kier molecular flexibility index (Phi) is 4.08. The molecule has 0 bridgehead atoms. The number of nitrogens with two attached hydrogens (primary N) is 2. The highest BCUT2D eigenvalue weighted by atomic mass is 16.1. The number of carbonyl (C=O) groups excluding carboxylic acids is 2. The molecule has 0 aliphatic heterocycles. The summed E-state index contributed by atoms with van der Waals surface area (Å²) in [6, 6.07) is 6.86. The SMILES string of the molecule is CC1=C(C/C(N)=C/C(C)=C\N)C(=O)c2ccccc2C1=O. The van der Waals surface area contributed by atoms with E-state index >= 15 is 0 Å². The van der Waals surface area contributed by atoms with E-state index in [4.69, 9.17) is 11.5 Å². The van der Waals surface area contributed by atoms with Crippen LogP contribution in [0.2, 0.25) is 0 Å². The molecule has 0 saturated carbocycles. The average molecular weight is 282 g/mol. The van der Waals surface area contributed by atoms with Crippen molar-refractivity contribution in [3.63, 3.8) is 0 Å². The van der Waals surface area contributed by atoms with Gasteiger partial charge in [-0.15, -0.1) is 0 Å². The van der Waals surface area contributed by atoms with Crippen molar-refractivity contribution in [2.45, 2.75) is 20.3 Å². The number of Topliss-reactive ketones (excluding diaryl/α,β-unsaturated/α-hetero) is 2. The number of hydrogen-bond donors (Lipinski definition) is 2. The minimum absolute atomic E-state index is 0.112. The van der Waals surface area contributed by atoms with Crippen molar-refractivity contribution in [3.8, 4) is 0 Å². The van der Waals surface area contributed by atoms with Crippen LogP contribution in [-0.4, -0.2) is 11.6 Å². The molecule has 4 nitrogen and oxygen atoms in total. The molecule has 0 atom stereocenters. The number of benzene rings is 1. The molecule has 1 aliphatic carbocycles. The second-order valence-electron chi connectivity index (χ2n) is 5.11. The van der Waals surface area contributed by atoms with Crippen LogP contribution < -0.4 is 11.5 Å². The third-order valence-electron chi connectivity index (χ3n) is 3.54. The van der Waals surface area contributed by atoms with Crippen LogP contribution >= 0.6 is 0 Å². The topological polar surface area (TPSA) is 86.2 Å². The van der Waals surface area contributed by atoms with Gasteiger partial charge in [-0.1, -0.05) is 24.3 Å². The number of rotatable bonds is 3. The molecule has 1 aromatic carbocycles. The standard InChI is InChI=1S/C17H18N2O2/c1-10(9-18)7-12(19)8-15-11(2)16(20)13-5-3-4-6-14(13)17(15)21/h3-7,9H,8,18-19H2,1-2H3/b10-9-,12-7-.